The molecule has 0 saturated carbocycles. The maximum Gasteiger partial charge on any atom is 0.416 e. The molecular formula is C24H21F3N4O2S2. The molecule has 3 heterocycles. The Morgan fingerprint density at radius 1 is 1.03 bits per heavy atom. The number of benzene rings is 2. The van der Waals surface area contributed by atoms with E-state index in [4.69, 9.17) is 0 Å². The van der Waals surface area contributed by atoms with Crippen LogP contribution in [0, 0.1) is 0 Å². The monoisotopic (exact) mass is 518 g/mol. The molecule has 0 aliphatic carbocycles. The van der Waals surface area contributed by atoms with E-state index in [1.54, 1.807) is 21.2 Å². The molecule has 2 aromatic carbocycles. The summed E-state index contributed by atoms with van der Waals surface area (Å²) in [6.07, 6.45) is -4.39. The zero-order valence-electron chi connectivity index (χ0n) is 18.5. The van der Waals surface area contributed by atoms with Crippen molar-refractivity contribution < 1.29 is 22.8 Å². The molecule has 5 rings (SSSR count). The Hall–Kier alpha value is -3.05. The molecular weight excluding hydrogens is 497 g/mol. The van der Waals surface area contributed by atoms with Gasteiger partial charge in [0.05, 0.1) is 23.5 Å². The van der Waals surface area contributed by atoms with Crippen molar-refractivity contribution in [1.29, 1.82) is 0 Å². The standard InChI is InChI=1S/C24H21F3N4O2S2/c25-24(26,27)16-4-3-5-17(12-16)29-8-10-30(11-9-29)23(33)18-14-35-21(28-18)13-31-19-6-1-2-7-20(19)34-15-22(31)32/h1-7,12,14H,8-11,13,15H2. The van der Waals surface area contributed by atoms with E-state index in [-0.39, 0.29) is 11.8 Å². The molecule has 0 bridgehead atoms. The normalized spacial score (nSPS) is 16.4. The van der Waals surface area contributed by atoms with Gasteiger partial charge in [-0.3, -0.25) is 9.59 Å². The Kier molecular flexibility index (Phi) is 6.45. The number of piperazine rings is 1. The average molecular weight is 519 g/mol. The third-order valence-electron chi connectivity index (χ3n) is 5.98. The van der Waals surface area contributed by atoms with Gasteiger partial charge in [-0.15, -0.1) is 23.1 Å². The summed E-state index contributed by atoms with van der Waals surface area (Å²) >= 11 is 2.85. The van der Waals surface area contributed by atoms with Crippen molar-refractivity contribution in [3.8, 4) is 0 Å². The number of thiazole rings is 1. The van der Waals surface area contributed by atoms with E-state index >= 15 is 0 Å². The predicted molar refractivity (Wildman–Crippen MR) is 130 cm³/mol. The minimum absolute atomic E-state index is 0.00231. The maximum atomic E-state index is 13.0. The number of alkyl halides is 3. The molecule has 1 saturated heterocycles. The van der Waals surface area contributed by atoms with Crippen LogP contribution in [0.4, 0.5) is 24.5 Å². The summed E-state index contributed by atoms with van der Waals surface area (Å²) in [6.45, 7) is 1.94. The highest BCUT2D eigenvalue weighted by Crippen LogP contribution is 2.36. The van der Waals surface area contributed by atoms with Crippen molar-refractivity contribution in [2.45, 2.75) is 17.6 Å². The van der Waals surface area contributed by atoms with Crippen LogP contribution in [0.1, 0.15) is 21.1 Å². The molecule has 0 atom stereocenters. The Bertz CT molecular complexity index is 1260. The first-order chi connectivity index (χ1) is 16.8. The van der Waals surface area contributed by atoms with Crippen LogP contribution < -0.4 is 9.80 Å². The minimum Gasteiger partial charge on any atom is -0.368 e. The van der Waals surface area contributed by atoms with E-state index in [1.165, 1.54) is 29.2 Å². The first-order valence-electron chi connectivity index (χ1n) is 11.0. The van der Waals surface area contributed by atoms with Crippen LogP contribution in [0.25, 0.3) is 0 Å². The SMILES string of the molecule is O=C(c1csc(CN2C(=O)CSc3ccccc32)n1)N1CCN(c2cccc(C(F)(F)F)c2)CC1. The Labute approximate surface area is 208 Å². The van der Waals surface area contributed by atoms with Crippen LogP contribution in [0.2, 0.25) is 0 Å². The van der Waals surface area contributed by atoms with Crippen molar-refractivity contribution in [2.75, 3.05) is 41.7 Å². The summed E-state index contributed by atoms with van der Waals surface area (Å²) in [5.74, 6) is 0.157. The summed E-state index contributed by atoms with van der Waals surface area (Å²) < 4.78 is 39.1. The molecule has 35 heavy (non-hydrogen) atoms. The fourth-order valence-corrected chi connectivity index (χ4v) is 5.84. The van der Waals surface area contributed by atoms with Gasteiger partial charge in [-0.25, -0.2) is 4.98 Å². The van der Waals surface area contributed by atoms with E-state index in [0.29, 0.717) is 54.9 Å². The van der Waals surface area contributed by atoms with Gasteiger partial charge in [0.25, 0.3) is 5.91 Å². The smallest absolute Gasteiger partial charge is 0.368 e. The molecule has 3 aromatic rings. The number of hydrogen-bond donors (Lipinski definition) is 0. The largest absolute Gasteiger partial charge is 0.416 e. The van der Waals surface area contributed by atoms with Crippen LogP contribution in [-0.4, -0.2) is 53.6 Å². The zero-order valence-corrected chi connectivity index (χ0v) is 20.1. The number of carbonyl (C=O) groups excluding carboxylic acids is 2. The summed E-state index contributed by atoms with van der Waals surface area (Å²) in [5, 5.41) is 2.37. The van der Waals surface area contributed by atoms with Gasteiger partial charge < -0.3 is 14.7 Å². The highest BCUT2D eigenvalue weighted by Gasteiger charge is 2.32. The van der Waals surface area contributed by atoms with Crippen LogP contribution in [0.15, 0.2) is 58.8 Å². The summed E-state index contributed by atoms with van der Waals surface area (Å²) in [6, 6.07) is 13.0. The third-order valence-corrected chi connectivity index (χ3v) is 7.86. The number of nitrogens with zero attached hydrogens (tertiary/aromatic N) is 4. The topological polar surface area (TPSA) is 56.8 Å². The van der Waals surface area contributed by atoms with Gasteiger partial charge in [-0.05, 0) is 30.3 Å². The van der Waals surface area contributed by atoms with Crippen LogP contribution >= 0.6 is 23.1 Å². The van der Waals surface area contributed by atoms with Crippen LogP contribution in [-0.2, 0) is 17.5 Å². The number of carbonyl (C=O) groups is 2. The number of amides is 2. The summed E-state index contributed by atoms with van der Waals surface area (Å²) in [4.78, 5) is 36.3. The van der Waals surface area contributed by atoms with E-state index in [2.05, 4.69) is 4.98 Å². The predicted octanol–water partition coefficient (Wildman–Crippen LogP) is 4.76. The number of aromatic nitrogens is 1. The van der Waals surface area contributed by atoms with Gasteiger partial charge in [0, 0.05) is 42.1 Å². The Balaban J connectivity index is 1.22. The first kappa shape index (κ1) is 23.7. The van der Waals surface area contributed by atoms with Crippen LogP contribution in [0.3, 0.4) is 0 Å². The number of halogens is 3. The lowest BCUT2D eigenvalue weighted by molar-refractivity contribution is -0.137. The average Bonchev–Trinajstić information content (AvgIpc) is 3.34. The molecule has 11 heteroatoms. The molecule has 1 aromatic heterocycles. The van der Waals surface area contributed by atoms with E-state index in [0.717, 1.165) is 22.7 Å². The van der Waals surface area contributed by atoms with Crippen molar-refractivity contribution in [1.82, 2.24) is 9.88 Å². The summed E-state index contributed by atoms with van der Waals surface area (Å²) in [5.41, 5.74) is 0.983. The van der Waals surface area contributed by atoms with Gasteiger partial charge in [0.2, 0.25) is 5.91 Å². The van der Waals surface area contributed by atoms with E-state index in [1.807, 2.05) is 29.2 Å². The second-order valence-electron chi connectivity index (χ2n) is 8.19. The molecule has 2 amide bonds. The van der Waals surface area contributed by atoms with Gasteiger partial charge in [0.1, 0.15) is 10.7 Å². The van der Waals surface area contributed by atoms with Gasteiger partial charge >= 0.3 is 6.18 Å². The molecule has 0 unspecified atom stereocenters. The fourth-order valence-electron chi connectivity index (χ4n) is 4.15. The number of para-hydroxylation sites is 1. The van der Waals surface area contributed by atoms with Crippen molar-refractivity contribution in [2.24, 2.45) is 0 Å². The number of fused-ring (bicyclic) bond motifs is 1. The second-order valence-corrected chi connectivity index (χ2v) is 10.1. The van der Waals surface area contributed by atoms with Gasteiger partial charge in [-0.2, -0.15) is 13.2 Å². The minimum atomic E-state index is -4.39. The zero-order chi connectivity index (χ0) is 24.6. The molecule has 1 fully saturated rings. The quantitative estimate of drug-likeness (QED) is 0.499. The lowest BCUT2D eigenvalue weighted by Crippen LogP contribution is -2.49. The van der Waals surface area contributed by atoms with Crippen LogP contribution in [0.5, 0.6) is 0 Å². The highest BCUT2D eigenvalue weighted by molar-refractivity contribution is 8.00. The van der Waals surface area contributed by atoms with Crippen molar-refractivity contribution >= 4 is 46.3 Å². The number of thioether (sulfide) groups is 1. The fraction of sp³-hybridized carbons (Fsp3) is 0.292. The molecule has 0 radical (unpaired) electrons. The van der Waals surface area contributed by atoms with Gasteiger partial charge in [-0.1, -0.05) is 18.2 Å². The molecule has 182 valence electrons. The maximum absolute atomic E-state index is 13.0. The number of rotatable bonds is 4. The molecule has 2 aliphatic rings. The van der Waals surface area contributed by atoms with Crippen molar-refractivity contribution in [3.63, 3.8) is 0 Å². The third kappa shape index (κ3) is 5.01. The molecule has 0 spiro atoms. The van der Waals surface area contributed by atoms with Crippen molar-refractivity contribution in [3.05, 3.63) is 70.2 Å². The summed E-state index contributed by atoms with van der Waals surface area (Å²) in [7, 11) is 0. The van der Waals surface area contributed by atoms with E-state index in [9.17, 15) is 22.8 Å². The molecule has 2 aliphatic heterocycles. The number of anilines is 2. The molecule has 0 N–H and O–H groups in total. The van der Waals surface area contributed by atoms with Gasteiger partial charge in [0.15, 0.2) is 0 Å². The Morgan fingerprint density at radius 2 is 1.80 bits per heavy atom. The number of hydrogen-bond acceptors (Lipinski definition) is 6. The lowest BCUT2D eigenvalue weighted by Gasteiger charge is -2.36. The highest BCUT2D eigenvalue weighted by atomic mass is 32.2. The second kappa shape index (κ2) is 9.54. The molecule has 6 nitrogen and oxygen atoms in total. The van der Waals surface area contributed by atoms with E-state index < -0.39 is 11.7 Å². The lowest BCUT2D eigenvalue weighted by atomic mass is 10.1. The Morgan fingerprint density at radius 3 is 2.57 bits per heavy atom. The first-order valence-corrected chi connectivity index (χ1v) is 12.8.